The topological polar surface area (TPSA) is 64.8 Å². The van der Waals surface area contributed by atoms with Gasteiger partial charge in [0.05, 0.1) is 0 Å². The molecule has 1 aliphatic carbocycles. The first-order valence-corrected chi connectivity index (χ1v) is 8.79. The van der Waals surface area contributed by atoms with Crippen LogP contribution >= 0.6 is 10.7 Å². The normalized spacial score (nSPS) is 17.6. The van der Waals surface area contributed by atoms with Crippen molar-refractivity contribution in [2.45, 2.75) is 37.4 Å². The Balaban J connectivity index is 2.06. The van der Waals surface area contributed by atoms with Gasteiger partial charge in [-0.1, -0.05) is 31.2 Å². The summed E-state index contributed by atoms with van der Waals surface area (Å²) in [6.45, 7) is 2.52. The van der Waals surface area contributed by atoms with Gasteiger partial charge in [-0.15, -0.1) is 10.2 Å². The molecule has 0 bridgehead atoms. The third-order valence-corrected chi connectivity index (χ3v) is 4.73. The van der Waals surface area contributed by atoms with Crippen LogP contribution in [-0.2, 0) is 22.0 Å². The van der Waals surface area contributed by atoms with Gasteiger partial charge in [-0.3, -0.25) is 0 Å². The smallest absolute Gasteiger partial charge is 0.296 e. The standard InChI is InChI=1S/C13H14ClN3O2S/c1-2-7-17-12(15-16-13(17)20(14,18)19)11-8-9-5-3-4-6-10(9)11/h3-6,11H,2,7-8H2,1H3. The molecule has 1 aromatic heterocycles. The maximum absolute atomic E-state index is 11.6. The van der Waals surface area contributed by atoms with Crippen molar-refractivity contribution in [1.29, 1.82) is 0 Å². The predicted molar refractivity (Wildman–Crippen MR) is 75.3 cm³/mol. The second kappa shape index (κ2) is 4.86. The SMILES string of the molecule is CCCn1c(C2Cc3ccccc32)nnc1S(=O)(=O)Cl. The van der Waals surface area contributed by atoms with E-state index in [1.807, 2.05) is 25.1 Å². The third-order valence-electron chi connectivity index (χ3n) is 3.58. The van der Waals surface area contributed by atoms with Crippen LogP contribution in [0, 0.1) is 0 Å². The molecular formula is C13H14ClN3O2S. The molecule has 1 aliphatic rings. The molecular weight excluding hydrogens is 298 g/mol. The Morgan fingerprint density at radius 3 is 2.75 bits per heavy atom. The molecule has 0 fully saturated rings. The van der Waals surface area contributed by atoms with E-state index in [-0.39, 0.29) is 11.1 Å². The number of hydrogen-bond acceptors (Lipinski definition) is 4. The van der Waals surface area contributed by atoms with Gasteiger partial charge >= 0.3 is 0 Å². The van der Waals surface area contributed by atoms with E-state index in [4.69, 9.17) is 10.7 Å². The monoisotopic (exact) mass is 311 g/mol. The van der Waals surface area contributed by atoms with Gasteiger partial charge in [-0.2, -0.15) is 0 Å². The summed E-state index contributed by atoms with van der Waals surface area (Å²) in [4.78, 5) is 0. The predicted octanol–water partition coefficient (Wildman–Crippen LogP) is 2.30. The zero-order valence-corrected chi connectivity index (χ0v) is 12.5. The van der Waals surface area contributed by atoms with Crippen molar-refractivity contribution >= 4 is 19.7 Å². The molecule has 0 N–H and O–H groups in total. The summed E-state index contributed by atoms with van der Waals surface area (Å²) in [5.41, 5.74) is 2.47. The first-order valence-electron chi connectivity index (χ1n) is 6.48. The molecule has 0 amide bonds. The van der Waals surface area contributed by atoms with E-state index < -0.39 is 9.05 Å². The minimum Gasteiger partial charge on any atom is -0.300 e. The van der Waals surface area contributed by atoms with Gasteiger partial charge in [-0.25, -0.2) is 8.42 Å². The quantitative estimate of drug-likeness (QED) is 0.813. The molecule has 7 heteroatoms. The summed E-state index contributed by atoms with van der Waals surface area (Å²) in [5.74, 6) is 0.794. The summed E-state index contributed by atoms with van der Waals surface area (Å²) >= 11 is 0. The summed E-state index contributed by atoms with van der Waals surface area (Å²) in [6, 6.07) is 8.10. The maximum Gasteiger partial charge on any atom is 0.296 e. The van der Waals surface area contributed by atoms with Crippen molar-refractivity contribution in [2.75, 3.05) is 0 Å². The lowest BCUT2D eigenvalue weighted by atomic mass is 9.77. The summed E-state index contributed by atoms with van der Waals surface area (Å²) in [6.07, 6.45) is 1.65. The highest BCUT2D eigenvalue weighted by atomic mass is 35.7. The van der Waals surface area contributed by atoms with Crippen molar-refractivity contribution < 1.29 is 8.42 Å². The Hall–Kier alpha value is -1.40. The fourth-order valence-electron chi connectivity index (χ4n) is 2.66. The highest BCUT2D eigenvalue weighted by Gasteiger charge is 2.33. The van der Waals surface area contributed by atoms with Gasteiger partial charge in [0.15, 0.2) is 0 Å². The fourth-order valence-corrected chi connectivity index (χ4v) is 3.59. The second-order valence-electron chi connectivity index (χ2n) is 4.89. The number of rotatable bonds is 4. The van der Waals surface area contributed by atoms with Crippen molar-refractivity contribution in [3.05, 3.63) is 41.2 Å². The van der Waals surface area contributed by atoms with Gasteiger partial charge in [-0.05, 0) is 24.0 Å². The number of hydrogen-bond donors (Lipinski definition) is 0. The Morgan fingerprint density at radius 2 is 2.10 bits per heavy atom. The molecule has 2 aromatic rings. The molecule has 1 heterocycles. The van der Waals surface area contributed by atoms with Crippen molar-refractivity contribution in [3.8, 4) is 0 Å². The molecule has 20 heavy (non-hydrogen) atoms. The van der Waals surface area contributed by atoms with Crippen molar-refractivity contribution in [3.63, 3.8) is 0 Å². The highest BCUT2D eigenvalue weighted by molar-refractivity contribution is 8.13. The Labute approximate surface area is 122 Å². The van der Waals surface area contributed by atoms with E-state index in [9.17, 15) is 8.42 Å². The van der Waals surface area contributed by atoms with Crippen LogP contribution in [0.25, 0.3) is 0 Å². The number of fused-ring (bicyclic) bond motifs is 1. The van der Waals surface area contributed by atoms with Crippen LogP contribution in [-0.4, -0.2) is 23.2 Å². The number of halogens is 1. The Bertz CT molecular complexity index is 755. The number of aromatic nitrogens is 3. The van der Waals surface area contributed by atoms with E-state index in [1.54, 1.807) is 4.57 Å². The summed E-state index contributed by atoms with van der Waals surface area (Å²) < 4.78 is 24.7. The summed E-state index contributed by atoms with van der Waals surface area (Å²) in [5, 5.41) is 7.69. The molecule has 5 nitrogen and oxygen atoms in total. The molecule has 0 radical (unpaired) electrons. The van der Waals surface area contributed by atoms with Crippen LogP contribution in [0.3, 0.4) is 0 Å². The van der Waals surface area contributed by atoms with Gasteiger partial charge in [0.2, 0.25) is 0 Å². The fraction of sp³-hybridized carbons (Fsp3) is 0.385. The molecule has 0 spiro atoms. The summed E-state index contributed by atoms with van der Waals surface area (Å²) in [7, 11) is 1.56. The molecule has 1 aromatic carbocycles. The number of nitrogens with zero attached hydrogens (tertiary/aromatic N) is 3. The van der Waals surface area contributed by atoms with Crippen LogP contribution in [0.15, 0.2) is 29.4 Å². The molecule has 1 unspecified atom stereocenters. The zero-order chi connectivity index (χ0) is 14.3. The second-order valence-corrected chi connectivity index (χ2v) is 7.35. The lowest BCUT2D eigenvalue weighted by Gasteiger charge is -2.29. The van der Waals surface area contributed by atoms with Crippen molar-refractivity contribution in [1.82, 2.24) is 14.8 Å². The van der Waals surface area contributed by atoms with Crippen LogP contribution in [0.4, 0.5) is 0 Å². The van der Waals surface area contributed by atoms with Gasteiger partial charge in [0.25, 0.3) is 14.2 Å². The van der Waals surface area contributed by atoms with E-state index in [0.717, 1.165) is 12.8 Å². The zero-order valence-electron chi connectivity index (χ0n) is 11.0. The maximum atomic E-state index is 11.6. The largest absolute Gasteiger partial charge is 0.300 e. The Morgan fingerprint density at radius 1 is 1.35 bits per heavy atom. The molecule has 3 rings (SSSR count). The first-order chi connectivity index (χ1) is 9.52. The van der Waals surface area contributed by atoms with Gasteiger partial charge in [0.1, 0.15) is 5.82 Å². The molecule has 1 atom stereocenters. The van der Waals surface area contributed by atoms with Crippen molar-refractivity contribution in [2.24, 2.45) is 0 Å². The lowest BCUT2D eigenvalue weighted by Crippen LogP contribution is -2.22. The lowest BCUT2D eigenvalue weighted by molar-refractivity contribution is 0.531. The average Bonchev–Trinajstić information content (AvgIpc) is 2.75. The Kier molecular flexibility index (Phi) is 3.30. The average molecular weight is 312 g/mol. The van der Waals surface area contributed by atoms with Crippen LogP contribution in [0.1, 0.15) is 36.2 Å². The minimum atomic E-state index is -3.87. The highest BCUT2D eigenvalue weighted by Crippen LogP contribution is 2.39. The third kappa shape index (κ3) is 2.13. The van der Waals surface area contributed by atoms with Gasteiger partial charge in [0, 0.05) is 23.1 Å². The minimum absolute atomic E-state index is 0.109. The number of benzene rings is 1. The molecule has 106 valence electrons. The molecule has 0 saturated carbocycles. The van der Waals surface area contributed by atoms with E-state index >= 15 is 0 Å². The molecule has 0 saturated heterocycles. The van der Waals surface area contributed by atoms with Gasteiger partial charge < -0.3 is 4.57 Å². The van der Waals surface area contributed by atoms with Crippen LogP contribution in [0.2, 0.25) is 0 Å². The van der Waals surface area contributed by atoms with Crippen LogP contribution in [0.5, 0.6) is 0 Å². The van der Waals surface area contributed by atoms with Crippen LogP contribution < -0.4 is 0 Å². The molecule has 0 aliphatic heterocycles. The van der Waals surface area contributed by atoms with E-state index in [0.29, 0.717) is 12.4 Å². The van der Waals surface area contributed by atoms with E-state index in [2.05, 4.69) is 16.3 Å². The van der Waals surface area contributed by atoms with E-state index in [1.165, 1.54) is 11.1 Å². The first kappa shape index (κ1) is 13.6.